The SMILES string of the molecule is C/C(=C/C(C)C)CC(C)C.C=C(CC(C)C)CC(C)C.CC(C)CCCC(C)C. The summed E-state index contributed by atoms with van der Waals surface area (Å²) >= 11 is 0. The van der Waals surface area contributed by atoms with E-state index in [1.54, 1.807) is 0 Å². The Kier molecular flexibility index (Phi) is 23.7. The topological polar surface area (TPSA) is 0 Å². The first kappa shape index (κ1) is 33.1. The third kappa shape index (κ3) is 38.7. The first-order chi connectivity index (χ1) is 13.2. The molecule has 176 valence electrons. The lowest BCUT2D eigenvalue weighted by molar-refractivity contribution is 0.480. The summed E-state index contributed by atoms with van der Waals surface area (Å²) in [6, 6.07) is 0. The Labute approximate surface area is 188 Å². The van der Waals surface area contributed by atoms with Gasteiger partial charge in [0.1, 0.15) is 0 Å². The molecule has 0 nitrogen and oxygen atoms in total. The van der Waals surface area contributed by atoms with Gasteiger partial charge in [0.2, 0.25) is 0 Å². The van der Waals surface area contributed by atoms with Gasteiger partial charge in [-0.3, -0.25) is 0 Å². The zero-order chi connectivity index (χ0) is 23.6. The van der Waals surface area contributed by atoms with Crippen LogP contribution in [0.25, 0.3) is 0 Å². The molecule has 0 N–H and O–H groups in total. The third-order valence-corrected chi connectivity index (χ3v) is 4.30. The highest BCUT2D eigenvalue weighted by molar-refractivity contribution is 4.99. The fraction of sp³-hybridized carbons (Fsp3) is 0.862. The Morgan fingerprint density at radius 2 is 0.931 bits per heavy atom. The molecule has 0 aromatic carbocycles. The van der Waals surface area contributed by atoms with E-state index in [4.69, 9.17) is 0 Å². The number of hydrogen-bond acceptors (Lipinski definition) is 0. The summed E-state index contributed by atoms with van der Waals surface area (Å²) in [5.41, 5.74) is 2.94. The summed E-state index contributed by atoms with van der Waals surface area (Å²) in [5, 5.41) is 0. The fourth-order valence-corrected chi connectivity index (χ4v) is 3.45. The summed E-state index contributed by atoms with van der Waals surface area (Å²) in [5.74, 6) is 4.83. The van der Waals surface area contributed by atoms with Crippen molar-refractivity contribution in [2.75, 3.05) is 0 Å². The van der Waals surface area contributed by atoms with Gasteiger partial charge in [0.15, 0.2) is 0 Å². The van der Waals surface area contributed by atoms with Crippen LogP contribution in [0.15, 0.2) is 23.8 Å². The van der Waals surface area contributed by atoms with Gasteiger partial charge >= 0.3 is 0 Å². The highest BCUT2D eigenvalue weighted by atomic mass is 14.1. The molecule has 0 aromatic rings. The van der Waals surface area contributed by atoms with Gasteiger partial charge in [0.05, 0.1) is 0 Å². The van der Waals surface area contributed by atoms with Crippen molar-refractivity contribution in [3.05, 3.63) is 23.8 Å². The van der Waals surface area contributed by atoms with Crippen LogP contribution < -0.4 is 0 Å². The van der Waals surface area contributed by atoms with Crippen LogP contribution >= 0.6 is 0 Å². The lowest BCUT2D eigenvalue weighted by Gasteiger charge is -2.09. The van der Waals surface area contributed by atoms with E-state index in [9.17, 15) is 0 Å². The maximum Gasteiger partial charge on any atom is -0.0288 e. The van der Waals surface area contributed by atoms with Gasteiger partial charge in [-0.1, -0.05) is 126 Å². The van der Waals surface area contributed by atoms with Gasteiger partial charge in [-0.15, -0.1) is 0 Å². The van der Waals surface area contributed by atoms with Gasteiger partial charge in [-0.05, 0) is 61.7 Å². The molecule has 0 rings (SSSR count). The highest BCUT2D eigenvalue weighted by Gasteiger charge is 2.01. The fourth-order valence-electron chi connectivity index (χ4n) is 3.45. The Bertz CT molecular complexity index is 357. The Morgan fingerprint density at radius 1 is 0.586 bits per heavy atom. The molecule has 29 heavy (non-hydrogen) atoms. The molecule has 0 aliphatic rings. The molecule has 0 heterocycles. The Morgan fingerprint density at radius 3 is 1.17 bits per heavy atom. The second kappa shape index (κ2) is 20.7. The zero-order valence-electron chi connectivity index (χ0n) is 23.0. The molecule has 0 saturated carbocycles. The van der Waals surface area contributed by atoms with Crippen molar-refractivity contribution in [3.63, 3.8) is 0 Å². The predicted molar refractivity (Wildman–Crippen MR) is 140 cm³/mol. The molecular weight excluding hydrogens is 348 g/mol. The average molecular weight is 409 g/mol. The predicted octanol–water partition coefficient (Wildman–Crippen LogP) is 10.7. The molecule has 0 unspecified atom stereocenters. The molecule has 0 atom stereocenters. The van der Waals surface area contributed by atoms with E-state index in [2.05, 4.69) is 103 Å². The lowest BCUT2D eigenvalue weighted by atomic mass is 9.97. The van der Waals surface area contributed by atoms with Crippen LogP contribution in [0.3, 0.4) is 0 Å². The van der Waals surface area contributed by atoms with Crippen LogP contribution in [0, 0.1) is 35.5 Å². The first-order valence-electron chi connectivity index (χ1n) is 12.5. The van der Waals surface area contributed by atoms with E-state index < -0.39 is 0 Å². The molecular formula is C29H60. The van der Waals surface area contributed by atoms with Crippen molar-refractivity contribution in [3.8, 4) is 0 Å². The minimum atomic E-state index is 0.707. The maximum atomic E-state index is 4.04. The second-order valence-electron chi connectivity index (χ2n) is 11.5. The van der Waals surface area contributed by atoms with Crippen molar-refractivity contribution in [2.24, 2.45) is 35.5 Å². The van der Waals surface area contributed by atoms with Crippen LogP contribution in [-0.4, -0.2) is 0 Å². The summed E-state index contributed by atoms with van der Waals surface area (Å²) in [7, 11) is 0. The monoisotopic (exact) mass is 408 g/mol. The van der Waals surface area contributed by atoms with E-state index in [-0.39, 0.29) is 0 Å². The van der Waals surface area contributed by atoms with Gasteiger partial charge < -0.3 is 0 Å². The van der Waals surface area contributed by atoms with Crippen molar-refractivity contribution in [2.45, 2.75) is 129 Å². The summed E-state index contributed by atoms with van der Waals surface area (Å²) < 4.78 is 0. The molecule has 0 aromatic heterocycles. The standard InChI is InChI=1S/2C10H20.C9H20/c2*1-8(2)6-10(5)7-9(3)4;1-8(2)6-5-7-9(3)4/h6,8-9H,7H2,1-5H3;8-9H,5-7H2,1-4H3;8-9H,5-7H2,1-4H3/b10-6-;;. The van der Waals surface area contributed by atoms with Crippen LogP contribution in [0.1, 0.15) is 129 Å². The van der Waals surface area contributed by atoms with Crippen LogP contribution in [0.2, 0.25) is 0 Å². The largest absolute Gasteiger partial charge is 0.0998 e. The molecule has 0 amide bonds. The van der Waals surface area contributed by atoms with Gasteiger partial charge in [-0.25, -0.2) is 0 Å². The molecule has 0 aliphatic heterocycles. The summed E-state index contributed by atoms with van der Waals surface area (Å²) in [4.78, 5) is 0. The number of rotatable bonds is 11. The average Bonchev–Trinajstić information content (AvgIpc) is 2.43. The zero-order valence-corrected chi connectivity index (χ0v) is 23.0. The number of allylic oxidation sites excluding steroid dienone is 3. The van der Waals surface area contributed by atoms with Crippen LogP contribution in [0.5, 0.6) is 0 Å². The summed E-state index contributed by atoms with van der Waals surface area (Å²) in [6.07, 6.45) is 10.2. The van der Waals surface area contributed by atoms with E-state index in [1.165, 1.54) is 49.7 Å². The van der Waals surface area contributed by atoms with E-state index in [1.807, 2.05) is 0 Å². The Hall–Kier alpha value is -0.520. The lowest BCUT2D eigenvalue weighted by Crippen LogP contribution is -1.94. The molecule has 0 heteroatoms. The quantitative estimate of drug-likeness (QED) is 0.298. The highest BCUT2D eigenvalue weighted by Crippen LogP contribution is 2.16. The third-order valence-electron chi connectivity index (χ3n) is 4.30. The smallest absolute Gasteiger partial charge is 0.0288 e. The molecule has 0 aliphatic carbocycles. The minimum absolute atomic E-state index is 0.707. The van der Waals surface area contributed by atoms with Gasteiger partial charge in [-0.2, -0.15) is 0 Å². The van der Waals surface area contributed by atoms with Crippen molar-refractivity contribution in [1.82, 2.24) is 0 Å². The van der Waals surface area contributed by atoms with E-state index >= 15 is 0 Å². The van der Waals surface area contributed by atoms with Crippen LogP contribution in [0.4, 0.5) is 0 Å². The maximum absolute atomic E-state index is 4.04. The van der Waals surface area contributed by atoms with Gasteiger partial charge in [0, 0.05) is 0 Å². The summed E-state index contributed by atoms with van der Waals surface area (Å²) in [6.45, 7) is 33.4. The van der Waals surface area contributed by atoms with Crippen molar-refractivity contribution >= 4 is 0 Å². The van der Waals surface area contributed by atoms with E-state index in [0.29, 0.717) is 5.92 Å². The normalized spacial score (nSPS) is 11.9. The molecule has 0 fully saturated rings. The molecule has 0 bridgehead atoms. The van der Waals surface area contributed by atoms with Crippen molar-refractivity contribution in [1.29, 1.82) is 0 Å². The van der Waals surface area contributed by atoms with E-state index in [0.717, 1.165) is 29.6 Å². The number of hydrogen-bond donors (Lipinski definition) is 0. The second-order valence-corrected chi connectivity index (χ2v) is 11.5. The van der Waals surface area contributed by atoms with Crippen molar-refractivity contribution < 1.29 is 0 Å². The molecule has 0 saturated heterocycles. The molecule has 0 spiro atoms. The first-order valence-corrected chi connectivity index (χ1v) is 12.5. The molecule has 0 radical (unpaired) electrons. The van der Waals surface area contributed by atoms with Crippen LogP contribution in [-0.2, 0) is 0 Å². The van der Waals surface area contributed by atoms with Gasteiger partial charge in [0.25, 0.3) is 0 Å². The Balaban J connectivity index is -0.000000350. The minimum Gasteiger partial charge on any atom is -0.0998 e.